The number of halogens is 3. The maximum atomic E-state index is 12.6. The van der Waals surface area contributed by atoms with Crippen molar-refractivity contribution >= 4 is 18.0 Å². The molecule has 1 saturated carbocycles. The summed E-state index contributed by atoms with van der Waals surface area (Å²) in [5, 5.41) is 4.13. The summed E-state index contributed by atoms with van der Waals surface area (Å²) in [6.07, 6.45) is 2.42. The van der Waals surface area contributed by atoms with Crippen LogP contribution in [0, 0.1) is 12.8 Å². The van der Waals surface area contributed by atoms with Gasteiger partial charge in [-0.2, -0.15) is 8.78 Å². The first-order chi connectivity index (χ1) is 10.6. The van der Waals surface area contributed by atoms with Crippen LogP contribution >= 0.6 is 11.8 Å². The van der Waals surface area contributed by atoms with E-state index >= 15 is 0 Å². The lowest BCUT2D eigenvalue weighted by Crippen LogP contribution is -2.16. The van der Waals surface area contributed by atoms with Crippen LogP contribution in [-0.2, 0) is 4.84 Å². The molecule has 1 aliphatic rings. The van der Waals surface area contributed by atoms with E-state index in [1.54, 1.807) is 6.92 Å². The molecule has 0 saturated heterocycles. The molecule has 0 spiro atoms. The van der Waals surface area contributed by atoms with Crippen LogP contribution in [0.25, 0.3) is 0 Å². The van der Waals surface area contributed by atoms with Crippen molar-refractivity contribution < 1.29 is 22.4 Å². The van der Waals surface area contributed by atoms with Gasteiger partial charge < -0.3 is 9.25 Å². The molecule has 1 aromatic rings. The van der Waals surface area contributed by atoms with E-state index < -0.39 is 11.9 Å². The second kappa shape index (κ2) is 8.26. The molecular formula is C14H17F3N2O2S. The van der Waals surface area contributed by atoms with Crippen LogP contribution in [0.5, 0.6) is 0 Å². The number of aromatic nitrogens is 1. The monoisotopic (exact) mass is 334 g/mol. The number of hydrogen-bond donors (Lipinski definition) is 0. The van der Waals surface area contributed by atoms with Crippen LogP contribution < -0.4 is 0 Å². The van der Waals surface area contributed by atoms with Gasteiger partial charge in [-0.1, -0.05) is 23.3 Å². The Morgan fingerprint density at radius 3 is 2.86 bits per heavy atom. The molecule has 8 heteroatoms. The molecule has 122 valence electrons. The Bertz CT molecular complexity index is 552. The molecule has 1 aliphatic carbocycles. The van der Waals surface area contributed by atoms with Crippen molar-refractivity contribution in [3.8, 4) is 0 Å². The van der Waals surface area contributed by atoms with Gasteiger partial charge in [-0.15, -0.1) is 0 Å². The molecule has 2 rings (SSSR count). The van der Waals surface area contributed by atoms with Crippen molar-refractivity contribution in [3.63, 3.8) is 0 Å². The Morgan fingerprint density at radius 2 is 2.23 bits per heavy atom. The van der Waals surface area contributed by atoms with E-state index in [9.17, 15) is 13.2 Å². The first kappa shape index (κ1) is 16.9. The highest BCUT2D eigenvalue weighted by Gasteiger charge is 2.17. The lowest BCUT2D eigenvalue weighted by molar-refractivity contribution is 0.0766. The average Bonchev–Trinajstić information content (AvgIpc) is 2.76. The zero-order chi connectivity index (χ0) is 15.9. The van der Waals surface area contributed by atoms with Gasteiger partial charge in [-0.25, -0.2) is 9.37 Å². The second-order valence-corrected chi connectivity index (χ2v) is 6.07. The summed E-state index contributed by atoms with van der Waals surface area (Å²) < 4.78 is 41.9. The third-order valence-corrected chi connectivity index (χ3v) is 4.17. The van der Waals surface area contributed by atoms with Gasteiger partial charge in [0.25, 0.3) is 5.22 Å². The van der Waals surface area contributed by atoms with Crippen molar-refractivity contribution in [2.75, 3.05) is 12.4 Å². The Labute approximate surface area is 130 Å². The lowest BCUT2D eigenvalue weighted by atomic mass is 9.86. The van der Waals surface area contributed by atoms with Crippen molar-refractivity contribution in [3.05, 3.63) is 23.4 Å². The van der Waals surface area contributed by atoms with Crippen LogP contribution in [0.1, 0.15) is 37.1 Å². The molecule has 4 nitrogen and oxygen atoms in total. The fourth-order valence-electron chi connectivity index (χ4n) is 1.78. The first-order valence-corrected chi connectivity index (χ1v) is 8.00. The first-order valence-electron chi connectivity index (χ1n) is 7.01. The normalized spacial score (nSPS) is 15.1. The summed E-state index contributed by atoms with van der Waals surface area (Å²) >= 11 is 1.07. The molecule has 0 atom stereocenters. The topological polar surface area (TPSA) is 47.6 Å². The van der Waals surface area contributed by atoms with Gasteiger partial charge in [0.15, 0.2) is 11.6 Å². The number of allylic oxidation sites excluding steroid dienone is 1. The predicted octanol–water partition coefficient (Wildman–Crippen LogP) is 4.69. The highest BCUT2D eigenvalue weighted by atomic mass is 32.2. The van der Waals surface area contributed by atoms with Gasteiger partial charge in [-0.3, -0.25) is 0 Å². The summed E-state index contributed by atoms with van der Waals surface area (Å²) in [5.41, 5.74) is 0.617. The highest BCUT2D eigenvalue weighted by Crippen LogP contribution is 2.26. The number of nitrogens with zero attached hydrogens (tertiary/aromatic N) is 2. The Morgan fingerprint density at radius 1 is 1.45 bits per heavy atom. The fourth-order valence-corrected chi connectivity index (χ4v) is 2.59. The molecule has 1 fully saturated rings. The molecule has 22 heavy (non-hydrogen) atoms. The molecular weight excluding hydrogens is 317 g/mol. The summed E-state index contributed by atoms with van der Waals surface area (Å²) in [6, 6.07) is 0. The molecule has 1 aromatic heterocycles. The highest BCUT2D eigenvalue weighted by molar-refractivity contribution is 7.99. The number of oxime groups is 1. The lowest BCUT2D eigenvalue weighted by Gasteiger charge is -2.23. The molecule has 0 unspecified atom stereocenters. The van der Waals surface area contributed by atoms with E-state index in [1.165, 1.54) is 25.5 Å². The van der Waals surface area contributed by atoms with E-state index in [-0.39, 0.29) is 12.2 Å². The SMILES string of the molecule is Cc1nc(SCCC(F)=C(F)F)oc1/C=N/OCC1CCC1. The summed E-state index contributed by atoms with van der Waals surface area (Å²) in [4.78, 5) is 9.30. The van der Waals surface area contributed by atoms with E-state index in [2.05, 4.69) is 10.1 Å². The van der Waals surface area contributed by atoms with Gasteiger partial charge >= 0.3 is 6.08 Å². The number of rotatable bonds is 8. The molecule has 0 aromatic carbocycles. The molecule has 0 amide bonds. The number of thioether (sulfide) groups is 1. The number of oxazole rings is 1. The Hall–Kier alpha value is -1.44. The third-order valence-electron chi connectivity index (χ3n) is 3.34. The minimum atomic E-state index is -2.28. The Balaban J connectivity index is 1.77. The van der Waals surface area contributed by atoms with Gasteiger partial charge in [0, 0.05) is 12.2 Å². The second-order valence-electron chi connectivity index (χ2n) is 5.02. The van der Waals surface area contributed by atoms with Crippen LogP contribution in [0.4, 0.5) is 13.2 Å². The standard InChI is InChI=1S/C14H17F3N2O2S/c1-9-12(7-18-20-8-10-3-2-4-10)21-14(19-9)22-6-5-11(15)13(16)17/h7,10H,2-6,8H2,1H3/b18-7+. The van der Waals surface area contributed by atoms with E-state index in [0.29, 0.717) is 29.2 Å². The molecule has 0 aliphatic heterocycles. The van der Waals surface area contributed by atoms with E-state index in [1.807, 2.05) is 0 Å². The number of hydrogen-bond acceptors (Lipinski definition) is 5. The summed E-state index contributed by atoms with van der Waals surface area (Å²) in [6.45, 7) is 2.34. The van der Waals surface area contributed by atoms with Crippen LogP contribution in [0.2, 0.25) is 0 Å². The van der Waals surface area contributed by atoms with Gasteiger partial charge in [0.1, 0.15) is 12.8 Å². The minimum absolute atomic E-state index is 0.123. The van der Waals surface area contributed by atoms with Gasteiger partial charge in [0.05, 0.1) is 5.69 Å². The van der Waals surface area contributed by atoms with Crippen LogP contribution in [0.3, 0.4) is 0 Å². The quantitative estimate of drug-likeness (QED) is 0.393. The zero-order valence-electron chi connectivity index (χ0n) is 12.2. The Kier molecular flexibility index (Phi) is 6.35. The van der Waals surface area contributed by atoms with Gasteiger partial charge in [0.2, 0.25) is 0 Å². The number of aryl methyl sites for hydroxylation is 1. The van der Waals surface area contributed by atoms with Crippen LogP contribution in [-0.4, -0.2) is 23.6 Å². The average molecular weight is 334 g/mol. The molecule has 0 radical (unpaired) electrons. The molecule has 1 heterocycles. The van der Waals surface area contributed by atoms with Crippen molar-refractivity contribution in [1.82, 2.24) is 4.98 Å². The summed E-state index contributed by atoms with van der Waals surface area (Å²) in [7, 11) is 0. The minimum Gasteiger partial charge on any atom is -0.430 e. The van der Waals surface area contributed by atoms with E-state index in [0.717, 1.165) is 11.8 Å². The van der Waals surface area contributed by atoms with Crippen LogP contribution in [0.15, 0.2) is 26.7 Å². The van der Waals surface area contributed by atoms with Gasteiger partial charge in [-0.05, 0) is 25.7 Å². The zero-order valence-corrected chi connectivity index (χ0v) is 13.0. The maximum absolute atomic E-state index is 12.6. The molecule has 0 N–H and O–H groups in total. The largest absolute Gasteiger partial charge is 0.430 e. The summed E-state index contributed by atoms with van der Waals surface area (Å²) in [5.74, 6) is -0.235. The van der Waals surface area contributed by atoms with Crippen molar-refractivity contribution in [2.45, 2.75) is 37.8 Å². The molecule has 0 bridgehead atoms. The fraction of sp³-hybridized carbons (Fsp3) is 0.571. The maximum Gasteiger partial charge on any atom is 0.301 e. The third kappa shape index (κ3) is 5.08. The van der Waals surface area contributed by atoms with Crippen molar-refractivity contribution in [2.24, 2.45) is 11.1 Å². The predicted molar refractivity (Wildman–Crippen MR) is 77.8 cm³/mol. The smallest absolute Gasteiger partial charge is 0.301 e. The van der Waals surface area contributed by atoms with Crippen molar-refractivity contribution in [1.29, 1.82) is 0 Å². The van der Waals surface area contributed by atoms with E-state index in [4.69, 9.17) is 9.25 Å².